The third kappa shape index (κ3) is 3.26. The summed E-state index contributed by atoms with van der Waals surface area (Å²) in [5.41, 5.74) is 1.17. The van der Waals surface area contributed by atoms with E-state index in [4.69, 9.17) is 9.79 Å². The second-order valence-electron chi connectivity index (χ2n) is 6.87. The summed E-state index contributed by atoms with van der Waals surface area (Å²) in [6.45, 7) is 10.5. The van der Waals surface area contributed by atoms with Gasteiger partial charge < -0.3 is 14.7 Å². The van der Waals surface area contributed by atoms with Crippen molar-refractivity contribution in [1.82, 2.24) is 15.3 Å². The third-order valence-corrected chi connectivity index (χ3v) is 8.08. The van der Waals surface area contributed by atoms with Gasteiger partial charge in [0.25, 0.3) is 0 Å². The normalized spacial score (nSPS) is 23.9. The van der Waals surface area contributed by atoms with Crippen LogP contribution in [0.4, 0.5) is 4.79 Å². The second kappa shape index (κ2) is 6.33. The summed E-state index contributed by atoms with van der Waals surface area (Å²) in [5, 5.41) is 12.6. The molecule has 2 bridgehead atoms. The number of hydroxylamine groups is 2. The van der Waals surface area contributed by atoms with Crippen molar-refractivity contribution < 1.29 is 14.1 Å². The molecule has 2 aliphatic rings. The number of nitrogens with zero attached hydrogens (tertiary/aromatic N) is 3. The van der Waals surface area contributed by atoms with Gasteiger partial charge in [0.05, 0.1) is 18.7 Å². The van der Waals surface area contributed by atoms with Crippen LogP contribution < -0.4 is 5.32 Å². The number of fused-ring (bicyclic) bond motifs is 2. The van der Waals surface area contributed by atoms with Crippen molar-refractivity contribution in [3.05, 3.63) is 11.6 Å². The van der Waals surface area contributed by atoms with Gasteiger partial charge in [0.2, 0.25) is 14.2 Å². The molecule has 1 saturated heterocycles. The molecule has 0 aromatic carbocycles. The lowest BCUT2D eigenvalue weighted by atomic mass is 10.00. The zero-order valence-corrected chi connectivity index (χ0v) is 15.3. The Labute approximate surface area is 138 Å². The lowest BCUT2D eigenvalue weighted by Gasteiger charge is -2.32. The van der Waals surface area contributed by atoms with Gasteiger partial charge in [-0.25, -0.2) is 9.86 Å². The molecule has 2 rings (SSSR count). The SMILES string of the molecule is CC1=C[C@@H]2CN(C(=O)N2O[Si](C)(C)C(C)C)[C@@H]1C(=O)NCC#N. The number of nitrogens with one attached hydrogen (secondary N) is 1. The first-order chi connectivity index (χ1) is 10.7. The summed E-state index contributed by atoms with van der Waals surface area (Å²) < 4.78 is 6.10. The smallest absolute Gasteiger partial charge is 0.341 e. The first-order valence-electron chi connectivity index (χ1n) is 7.81. The number of rotatable bonds is 5. The van der Waals surface area contributed by atoms with Crippen LogP contribution in [0.5, 0.6) is 0 Å². The van der Waals surface area contributed by atoms with Gasteiger partial charge in [-0.05, 0) is 31.1 Å². The summed E-state index contributed by atoms with van der Waals surface area (Å²) in [4.78, 5) is 26.5. The molecule has 0 aromatic rings. The molecule has 126 valence electrons. The molecule has 0 aromatic heterocycles. The molecule has 23 heavy (non-hydrogen) atoms. The fourth-order valence-corrected chi connectivity index (χ4v) is 3.57. The first-order valence-corrected chi connectivity index (χ1v) is 10.8. The van der Waals surface area contributed by atoms with Crippen LogP contribution in [-0.2, 0) is 9.32 Å². The molecule has 1 N–H and O–H groups in total. The topological polar surface area (TPSA) is 85.7 Å². The molecule has 0 saturated carbocycles. The van der Waals surface area contributed by atoms with Gasteiger partial charge in [-0.15, -0.1) is 0 Å². The van der Waals surface area contributed by atoms with Crippen LogP contribution in [0.1, 0.15) is 20.8 Å². The molecular formula is C15H24N4O3Si. The second-order valence-corrected chi connectivity index (χ2v) is 11.4. The fourth-order valence-electron chi connectivity index (χ4n) is 2.64. The van der Waals surface area contributed by atoms with Crippen molar-refractivity contribution in [3.63, 3.8) is 0 Å². The van der Waals surface area contributed by atoms with Crippen molar-refractivity contribution in [2.45, 2.75) is 51.5 Å². The van der Waals surface area contributed by atoms with E-state index in [9.17, 15) is 9.59 Å². The highest BCUT2D eigenvalue weighted by molar-refractivity contribution is 6.72. The molecule has 0 unspecified atom stereocenters. The Balaban J connectivity index is 2.20. The Bertz CT molecular complexity index is 582. The van der Waals surface area contributed by atoms with Crippen LogP contribution in [0.2, 0.25) is 18.6 Å². The molecule has 8 heteroatoms. The van der Waals surface area contributed by atoms with E-state index in [1.54, 1.807) is 0 Å². The number of hydrogen-bond acceptors (Lipinski definition) is 4. The van der Waals surface area contributed by atoms with Crippen molar-refractivity contribution in [1.29, 1.82) is 5.26 Å². The number of urea groups is 1. The Morgan fingerprint density at radius 2 is 2.22 bits per heavy atom. The fraction of sp³-hybridized carbons (Fsp3) is 0.667. The monoisotopic (exact) mass is 336 g/mol. The van der Waals surface area contributed by atoms with Crippen LogP contribution in [0, 0.1) is 11.3 Å². The zero-order chi connectivity index (χ0) is 17.4. The summed E-state index contributed by atoms with van der Waals surface area (Å²) in [6, 6.07) is 0.777. The van der Waals surface area contributed by atoms with Crippen LogP contribution in [0.3, 0.4) is 0 Å². The van der Waals surface area contributed by atoms with Gasteiger partial charge >= 0.3 is 6.03 Å². The predicted octanol–water partition coefficient (Wildman–Crippen LogP) is 1.61. The highest BCUT2D eigenvalue weighted by Crippen LogP contribution is 2.33. The number of carbonyl (C=O) groups is 2. The average Bonchev–Trinajstić information content (AvgIpc) is 2.70. The minimum absolute atomic E-state index is 0.0679. The highest BCUT2D eigenvalue weighted by atomic mass is 28.4. The van der Waals surface area contributed by atoms with Gasteiger partial charge in [0.15, 0.2) is 0 Å². The van der Waals surface area contributed by atoms with Crippen LogP contribution >= 0.6 is 0 Å². The summed E-state index contributed by atoms with van der Waals surface area (Å²) in [6.07, 6.45) is 1.92. The predicted molar refractivity (Wildman–Crippen MR) is 87.6 cm³/mol. The van der Waals surface area contributed by atoms with Crippen molar-refractivity contribution >= 4 is 20.3 Å². The summed E-state index contributed by atoms with van der Waals surface area (Å²) in [7, 11) is -2.03. The van der Waals surface area contributed by atoms with Crippen LogP contribution in [0.15, 0.2) is 11.6 Å². The molecule has 0 radical (unpaired) electrons. The lowest BCUT2D eigenvalue weighted by Crippen LogP contribution is -2.50. The van der Waals surface area contributed by atoms with E-state index in [1.165, 1.54) is 9.96 Å². The molecule has 0 aliphatic carbocycles. The number of amides is 3. The highest BCUT2D eigenvalue weighted by Gasteiger charge is 2.49. The van der Waals surface area contributed by atoms with E-state index >= 15 is 0 Å². The van der Waals surface area contributed by atoms with Crippen molar-refractivity contribution in [3.8, 4) is 6.07 Å². The number of carbonyl (C=O) groups excluding carboxylic acids is 2. The summed E-state index contributed by atoms with van der Waals surface area (Å²) >= 11 is 0. The molecule has 2 atom stereocenters. The first kappa shape index (κ1) is 17.5. The van der Waals surface area contributed by atoms with Gasteiger partial charge in [-0.2, -0.15) is 5.26 Å². The Kier molecular flexibility index (Phi) is 4.82. The van der Waals surface area contributed by atoms with Crippen LogP contribution in [-0.4, -0.2) is 55.4 Å². The number of hydrogen-bond donors (Lipinski definition) is 1. The van der Waals surface area contributed by atoms with Crippen molar-refractivity contribution in [2.24, 2.45) is 0 Å². The molecule has 1 fully saturated rings. The molecule has 2 aliphatic heterocycles. The van der Waals surface area contributed by atoms with Gasteiger partial charge in [0, 0.05) is 0 Å². The summed E-state index contributed by atoms with van der Waals surface area (Å²) in [5.74, 6) is -0.325. The molecule has 2 heterocycles. The standard InChI is InChI=1S/C15H24N4O3Si/c1-10(2)23(4,5)22-19-12-8-11(3)13(14(20)17-7-6-16)18(9-12)15(19)21/h8,10,12-13H,7,9H2,1-5H3,(H,17,20)/t12-,13+/m1/s1. The lowest BCUT2D eigenvalue weighted by molar-refractivity contribution is -0.124. The Hall–Kier alpha value is -1.85. The van der Waals surface area contributed by atoms with Crippen molar-refractivity contribution in [2.75, 3.05) is 13.1 Å². The minimum Gasteiger partial charge on any atom is -0.341 e. The van der Waals surface area contributed by atoms with E-state index in [2.05, 4.69) is 32.3 Å². The van der Waals surface area contributed by atoms with E-state index in [1.807, 2.05) is 19.1 Å². The largest absolute Gasteiger partial charge is 0.344 e. The maximum absolute atomic E-state index is 12.7. The van der Waals surface area contributed by atoms with Gasteiger partial charge in [0.1, 0.15) is 12.6 Å². The quantitative estimate of drug-likeness (QED) is 0.469. The van der Waals surface area contributed by atoms with E-state index in [0.29, 0.717) is 12.1 Å². The molecule has 3 amide bonds. The minimum atomic E-state index is -2.03. The zero-order valence-electron chi connectivity index (χ0n) is 14.3. The van der Waals surface area contributed by atoms with E-state index in [-0.39, 0.29) is 24.5 Å². The van der Waals surface area contributed by atoms with Gasteiger partial charge in [-0.3, -0.25) is 4.79 Å². The molecule has 0 spiro atoms. The third-order valence-electron chi connectivity index (χ3n) is 4.63. The Morgan fingerprint density at radius 3 is 2.78 bits per heavy atom. The Morgan fingerprint density at radius 1 is 1.57 bits per heavy atom. The number of nitriles is 1. The maximum atomic E-state index is 12.7. The molecular weight excluding hydrogens is 312 g/mol. The van der Waals surface area contributed by atoms with Crippen LogP contribution in [0.25, 0.3) is 0 Å². The van der Waals surface area contributed by atoms with E-state index < -0.39 is 14.4 Å². The van der Waals surface area contributed by atoms with E-state index in [0.717, 1.165) is 5.57 Å². The average molecular weight is 336 g/mol. The van der Waals surface area contributed by atoms with Gasteiger partial charge in [-0.1, -0.05) is 19.9 Å². The maximum Gasteiger partial charge on any atom is 0.344 e. The molecule has 7 nitrogen and oxygen atoms in total.